The summed E-state index contributed by atoms with van der Waals surface area (Å²) in [4.78, 5) is 11.3. The summed E-state index contributed by atoms with van der Waals surface area (Å²) in [6.07, 6.45) is 2.37. The first-order valence-corrected chi connectivity index (χ1v) is 8.35. The molecule has 0 saturated carbocycles. The van der Waals surface area contributed by atoms with Crippen LogP contribution in [0.1, 0.15) is 16.8 Å². The first kappa shape index (κ1) is 14.5. The number of hydrogen-bond donors (Lipinski definition) is 0. The lowest BCUT2D eigenvalue weighted by molar-refractivity contribution is 0.112. The van der Waals surface area contributed by atoms with Crippen LogP contribution >= 0.6 is 0 Å². The normalized spacial score (nSPS) is 11.4. The second kappa shape index (κ2) is 6.05. The van der Waals surface area contributed by atoms with E-state index in [0.29, 0.717) is 17.7 Å². The fourth-order valence-electron chi connectivity index (χ4n) is 2.03. The molecule has 0 bridgehead atoms. The zero-order valence-corrected chi connectivity index (χ0v) is 12.0. The minimum Gasteiger partial charge on any atom is -0.493 e. The van der Waals surface area contributed by atoms with E-state index in [9.17, 15) is 13.2 Å². The number of ether oxygens (including phenoxy) is 1. The second-order valence-electron chi connectivity index (χ2n) is 4.65. The molecule has 106 valence electrons. The van der Waals surface area contributed by atoms with E-state index in [-0.39, 0.29) is 12.4 Å². The number of sulfone groups is 1. The molecule has 0 radical (unpaired) electrons. The standard InChI is InChI=1S/C15H16O4S/c1-20(17,18)10-4-9-19-15-8-7-12-5-2-3-6-13(12)14(15)11-16/h2-3,5-8,11H,4,9-10H2,1H3. The molecular weight excluding hydrogens is 276 g/mol. The maximum absolute atomic E-state index is 11.3. The Bertz CT molecular complexity index is 720. The maximum atomic E-state index is 11.3. The van der Waals surface area contributed by atoms with E-state index >= 15 is 0 Å². The van der Waals surface area contributed by atoms with Gasteiger partial charge in [-0.25, -0.2) is 8.42 Å². The van der Waals surface area contributed by atoms with Crippen molar-refractivity contribution in [1.29, 1.82) is 0 Å². The van der Waals surface area contributed by atoms with Crippen molar-refractivity contribution in [2.45, 2.75) is 6.42 Å². The minimum atomic E-state index is -2.98. The number of benzene rings is 2. The van der Waals surface area contributed by atoms with Gasteiger partial charge in [-0.3, -0.25) is 4.79 Å². The van der Waals surface area contributed by atoms with Crippen LogP contribution in [0.3, 0.4) is 0 Å². The van der Waals surface area contributed by atoms with Gasteiger partial charge in [-0.15, -0.1) is 0 Å². The molecule has 0 aliphatic carbocycles. The van der Waals surface area contributed by atoms with Crippen molar-refractivity contribution in [3.8, 4) is 5.75 Å². The molecule has 0 atom stereocenters. The van der Waals surface area contributed by atoms with Gasteiger partial charge in [0, 0.05) is 6.26 Å². The monoisotopic (exact) mass is 292 g/mol. The van der Waals surface area contributed by atoms with Crippen LogP contribution in [0.2, 0.25) is 0 Å². The molecule has 20 heavy (non-hydrogen) atoms. The fraction of sp³-hybridized carbons (Fsp3) is 0.267. The third-order valence-corrected chi connectivity index (χ3v) is 4.00. The van der Waals surface area contributed by atoms with Crippen LogP contribution in [-0.2, 0) is 9.84 Å². The van der Waals surface area contributed by atoms with Crippen LogP contribution < -0.4 is 4.74 Å². The minimum absolute atomic E-state index is 0.0804. The number of rotatable bonds is 6. The second-order valence-corrected chi connectivity index (χ2v) is 6.91. The lowest BCUT2D eigenvalue weighted by Gasteiger charge is -2.10. The van der Waals surface area contributed by atoms with Gasteiger partial charge in [0.25, 0.3) is 0 Å². The Morgan fingerprint density at radius 3 is 2.60 bits per heavy atom. The number of fused-ring (bicyclic) bond motifs is 1. The Kier molecular flexibility index (Phi) is 4.39. The fourth-order valence-corrected chi connectivity index (χ4v) is 2.67. The highest BCUT2D eigenvalue weighted by Gasteiger charge is 2.08. The molecule has 0 saturated heterocycles. The van der Waals surface area contributed by atoms with Gasteiger partial charge in [-0.1, -0.05) is 30.3 Å². The molecule has 0 aromatic heterocycles. The van der Waals surface area contributed by atoms with Gasteiger partial charge >= 0.3 is 0 Å². The van der Waals surface area contributed by atoms with E-state index in [4.69, 9.17) is 4.74 Å². The summed E-state index contributed by atoms with van der Waals surface area (Å²) >= 11 is 0. The maximum Gasteiger partial charge on any atom is 0.154 e. The van der Waals surface area contributed by atoms with Crippen LogP contribution in [-0.4, -0.2) is 33.3 Å². The summed E-state index contributed by atoms with van der Waals surface area (Å²) < 4.78 is 27.6. The molecule has 0 aliphatic rings. The van der Waals surface area contributed by atoms with E-state index < -0.39 is 9.84 Å². The average molecular weight is 292 g/mol. The van der Waals surface area contributed by atoms with Gasteiger partial charge in [0.05, 0.1) is 17.9 Å². The van der Waals surface area contributed by atoms with Crippen LogP contribution in [0.15, 0.2) is 36.4 Å². The van der Waals surface area contributed by atoms with Crippen LogP contribution in [0.4, 0.5) is 0 Å². The summed E-state index contributed by atoms with van der Waals surface area (Å²) in [6, 6.07) is 11.2. The van der Waals surface area contributed by atoms with Gasteiger partial charge in [-0.05, 0) is 23.3 Å². The molecule has 5 heteroatoms. The van der Waals surface area contributed by atoms with E-state index in [1.165, 1.54) is 6.26 Å². The van der Waals surface area contributed by atoms with Crippen molar-refractivity contribution < 1.29 is 17.9 Å². The zero-order valence-electron chi connectivity index (χ0n) is 11.2. The third-order valence-electron chi connectivity index (χ3n) is 2.97. The quantitative estimate of drug-likeness (QED) is 0.606. The lowest BCUT2D eigenvalue weighted by Crippen LogP contribution is -2.08. The summed E-state index contributed by atoms with van der Waals surface area (Å²) in [5.74, 6) is 0.573. The summed E-state index contributed by atoms with van der Waals surface area (Å²) in [6.45, 7) is 0.270. The topological polar surface area (TPSA) is 60.4 Å². The molecule has 0 unspecified atom stereocenters. The molecule has 0 N–H and O–H groups in total. The van der Waals surface area contributed by atoms with Gasteiger partial charge < -0.3 is 4.74 Å². The van der Waals surface area contributed by atoms with Crippen LogP contribution in [0.25, 0.3) is 10.8 Å². The van der Waals surface area contributed by atoms with Crippen LogP contribution in [0, 0.1) is 0 Å². The number of aldehydes is 1. The van der Waals surface area contributed by atoms with Crippen molar-refractivity contribution in [1.82, 2.24) is 0 Å². The Balaban J connectivity index is 2.16. The largest absolute Gasteiger partial charge is 0.493 e. The molecule has 0 amide bonds. The van der Waals surface area contributed by atoms with Gasteiger partial charge in [0.1, 0.15) is 15.6 Å². The van der Waals surface area contributed by atoms with Crippen molar-refractivity contribution in [3.63, 3.8) is 0 Å². The highest BCUT2D eigenvalue weighted by Crippen LogP contribution is 2.26. The van der Waals surface area contributed by atoms with E-state index in [1.807, 2.05) is 30.3 Å². The zero-order chi connectivity index (χ0) is 14.6. The molecular formula is C15H16O4S. The van der Waals surface area contributed by atoms with Crippen molar-refractivity contribution in [3.05, 3.63) is 42.0 Å². The van der Waals surface area contributed by atoms with Gasteiger partial charge in [0.15, 0.2) is 6.29 Å². The van der Waals surface area contributed by atoms with Gasteiger partial charge in [-0.2, -0.15) is 0 Å². The molecule has 0 aliphatic heterocycles. The summed E-state index contributed by atoms with van der Waals surface area (Å²) in [5.41, 5.74) is 0.502. The molecule has 2 rings (SSSR count). The summed E-state index contributed by atoms with van der Waals surface area (Å²) in [5, 5.41) is 1.81. The smallest absolute Gasteiger partial charge is 0.154 e. The third kappa shape index (κ3) is 3.57. The molecule has 2 aromatic carbocycles. The van der Waals surface area contributed by atoms with E-state index in [2.05, 4.69) is 0 Å². The molecule has 0 heterocycles. The molecule has 4 nitrogen and oxygen atoms in total. The Morgan fingerprint density at radius 2 is 1.90 bits per heavy atom. The van der Waals surface area contributed by atoms with Gasteiger partial charge in [0.2, 0.25) is 0 Å². The Labute approximate surface area is 118 Å². The average Bonchev–Trinajstić information content (AvgIpc) is 2.42. The SMILES string of the molecule is CS(=O)(=O)CCCOc1ccc2ccccc2c1C=O. The van der Waals surface area contributed by atoms with Crippen molar-refractivity contribution in [2.75, 3.05) is 18.6 Å². The lowest BCUT2D eigenvalue weighted by atomic mass is 10.0. The first-order chi connectivity index (χ1) is 9.51. The predicted octanol–water partition coefficient (Wildman–Crippen LogP) is 2.47. The Hall–Kier alpha value is -1.88. The number of hydrogen-bond acceptors (Lipinski definition) is 4. The molecule has 0 fully saturated rings. The highest BCUT2D eigenvalue weighted by atomic mass is 32.2. The number of carbonyl (C=O) groups is 1. The van der Waals surface area contributed by atoms with Crippen molar-refractivity contribution in [2.24, 2.45) is 0 Å². The molecule has 0 spiro atoms. The predicted molar refractivity (Wildman–Crippen MR) is 79.2 cm³/mol. The Morgan fingerprint density at radius 1 is 1.15 bits per heavy atom. The summed E-state index contributed by atoms with van der Waals surface area (Å²) in [7, 11) is -2.98. The first-order valence-electron chi connectivity index (χ1n) is 6.29. The van der Waals surface area contributed by atoms with E-state index in [1.54, 1.807) is 6.07 Å². The van der Waals surface area contributed by atoms with E-state index in [0.717, 1.165) is 17.1 Å². The molecule has 2 aromatic rings. The van der Waals surface area contributed by atoms with Crippen LogP contribution in [0.5, 0.6) is 5.75 Å². The van der Waals surface area contributed by atoms with Crippen molar-refractivity contribution >= 4 is 26.9 Å². The number of carbonyl (C=O) groups excluding carboxylic acids is 1. The highest BCUT2D eigenvalue weighted by molar-refractivity contribution is 7.90.